The van der Waals surface area contributed by atoms with Crippen molar-refractivity contribution in [1.82, 2.24) is 15.6 Å². The molecule has 7 nitrogen and oxygen atoms in total. The van der Waals surface area contributed by atoms with Gasteiger partial charge in [-0.2, -0.15) is 0 Å². The van der Waals surface area contributed by atoms with Crippen molar-refractivity contribution in [3.05, 3.63) is 48.2 Å². The third-order valence-electron chi connectivity index (χ3n) is 3.34. The number of ether oxygens (including phenoxy) is 1. The quantitative estimate of drug-likeness (QED) is 0.802. The number of urea groups is 1. The van der Waals surface area contributed by atoms with E-state index in [-0.39, 0.29) is 18.5 Å². The predicted molar refractivity (Wildman–Crippen MR) is 84.4 cm³/mol. The molecule has 0 bridgehead atoms. The van der Waals surface area contributed by atoms with Crippen LogP contribution in [0.4, 0.5) is 10.5 Å². The second-order valence-corrected chi connectivity index (χ2v) is 5.20. The first-order valence-electron chi connectivity index (χ1n) is 7.16. The molecule has 0 radical (unpaired) electrons. The maximum Gasteiger partial charge on any atom is 0.315 e. The second-order valence-electron chi connectivity index (χ2n) is 5.20. The van der Waals surface area contributed by atoms with E-state index in [1.54, 1.807) is 12.1 Å². The number of pyridine rings is 1. The number of nitrogens with one attached hydrogen (secondary N) is 3. The molecule has 1 aromatic heterocycles. The zero-order valence-corrected chi connectivity index (χ0v) is 12.5. The number of hydrogen-bond acceptors (Lipinski definition) is 4. The number of amides is 3. The summed E-state index contributed by atoms with van der Waals surface area (Å²) in [5.74, 6) is 0.833. The monoisotopic (exact) mass is 312 g/mol. The minimum Gasteiger partial charge on any atom is -0.439 e. The van der Waals surface area contributed by atoms with Gasteiger partial charge in [0.25, 0.3) is 0 Å². The first-order valence-corrected chi connectivity index (χ1v) is 7.16. The highest BCUT2D eigenvalue weighted by atomic mass is 16.5. The molecular formula is C16H16N4O3. The minimum absolute atomic E-state index is 0.271. The van der Waals surface area contributed by atoms with Crippen molar-refractivity contribution in [2.24, 2.45) is 0 Å². The van der Waals surface area contributed by atoms with Crippen LogP contribution in [0.25, 0.3) is 0 Å². The minimum atomic E-state index is -0.578. The molecule has 1 aromatic carbocycles. The molecule has 3 N–H and O–H groups in total. The molecule has 7 heteroatoms. The van der Waals surface area contributed by atoms with Gasteiger partial charge >= 0.3 is 6.03 Å². The van der Waals surface area contributed by atoms with E-state index in [2.05, 4.69) is 20.9 Å². The molecule has 1 atom stereocenters. The van der Waals surface area contributed by atoms with Gasteiger partial charge in [-0.1, -0.05) is 17.7 Å². The van der Waals surface area contributed by atoms with Gasteiger partial charge in [0.15, 0.2) is 0 Å². The molecule has 1 saturated heterocycles. The zero-order chi connectivity index (χ0) is 16.2. The van der Waals surface area contributed by atoms with E-state index in [4.69, 9.17) is 4.74 Å². The number of benzene rings is 1. The molecule has 3 rings (SSSR count). The molecule has 2 heterocycles. The lowest BCUT2D eigenvalue weighted by atomic mass is 10.2. The van der Waals surface area contributed by atoms with Crippen molar-refractivity contribution in [3.8, 4) is 11.6 Å². The Bertz CT molecular complexity index is 713. The average molecular weight is 312 g/mol. The molecule has 1 fully saturated rings. The lowest BCUT2D eigenvalue weighted by molar-refractivity contribution is -0.117. The smallest absolute Gasteiger partial charge is 0.315 e. The van der Waals surface area contributed by atoms with Crippen LogP contribution in [-0.2, 0) is 4.79 Å². The van der Waals surface area contributed by atoms with Gasteiger partial charge in [-0.25, -0.2) is 9.78 Å². The molecule has 3 amide bonds. The number of nitrogens with zero attached hydrogens (tertiary/aromatic N) is 1. The van der Waals surface area contributed by atoms with Gasteiger partial charge in [0.05, 0.1) is 11.9 Å². The van der Waals surface area contributed by atoms with E-state index in [0.717, 1.165) is 5.56 Å². The SMILES string of the molecule is Cc1ccc(Oc2ccc(NC(=O)[C@H]3CNC(=O)N3)cn2)cc1. The Hall–Kier alpha value is -3.09. The Kier molecular flexibility index (Phi) is 4.09. The molecule has 2 aromatic rings. The number of aryl methyl sites for hydroxylation is 1. The van der Waals surface area contributed by atoms with Gasteiger partial charge in [0.2, 0.25) is 11.8 Å². The zero-order valence-electron chi connectivity index (χ0n) is 12.5. The summed E-state index contributed by atoms with van der Waals surface area (Å²) in [7, 11) is 0. The normalized spacial score (nSPS) is 16.4. The van der Waals surface area contributed by atoms with Crippen LogP contribution in [-0.4, -0.2) is 29.5 Å². The highest BCUT2D eigenvalue weighted by molar-refractivity contribution is 5.98. The number of rotatable bonds is 4. The first-order chi connectivity index (χ1) is 11.1. The molecule has 0 saturated carbocycles. The summed E-state index contributed by atoms with van der Waals surface area (Å²) in [5.41, 5.74) is 1.68. The van der Waals surface area contributed by atoms with Crippen molar-refractivity contribution >= 4 is 17.6 Å². The van der Waals surface area contributed by atoms with Crippen LogP contribution in [0.5, 0.6) is 11.6 Å². The van der Waals surface area contributed by atoms with Gasteiger partial charge in [0.1, 0.15) is 11.8 Å². The third-order valence-corrected chi connectivity index (χ3v) is 3.34. The topological polar surface area (TPSA) is 92.4 Å². The highest BCUT2D eigenvalue weighted by Gasteiger charge is 2.26. The number of carbonyl (C=O) groups excluding carboxylic acids is 2. The highest BCUT2D eigenvalue weighted by Crippen LogP contribution is 2.20. The van der Waals surface area contributed by atoms with Gasteiger partial charge < -0.3 is 20.7 Å². The van der Waals surface area contributed by atoms with Crippen LogP contribution in [0.2, 0.25) is 0 Å². The fourth-order valence-electron chi connectivity index (χ4n) is 2.08. The number of anilines is 1. The maximum atomic E-state index is 11.9. The summed E-state index contributed by atoms with van der Waals surface area (Å²) in [4.78, 5) is 27.1. The lowest BCUT2D eigenvalue weighted by Crippen LogP contribution is -2.38. The fraction of sp³-hybridized carbons (Fsp3) is 0.188. The first kappa shape index (κ1) is 14.8. The molecule has 1 aliphatic heterocycles. The molecule has 0 unspecified atom stereocenters. The molecule has 0 aliphatic carbocycles. The van der Waals surface area contributed by atoms with Crippen molar-refractivity contribution in [1.29, 1.82) is 0 Å². The Morgan fingerprint density at radius 3 is 2.65 bits per heavy atom. The van der Waals surface area contributed by atoms with E-state index in [1.165, 1.54) is 6.20 Å². The Morgan fingerprint density at radius 2 is 2.04 bits per heavy atom. The van der Waals surface area contributed by atoms with Gasteiger partial charge in [-0.15, -0.1) is 0 Å². The van der Waals surface area contributed by atoms with E-state index < -0.39 is 6.04 Å². The van der Waals surface area contributed by atoms with Crippen LogP contribution in [0.15, 0.2) is 42.6 Å². The molecule has 0 spiro atoms. The lowest BCUT2D eigenvalue weighted by Gasteiger charge is -2.10. The Labute approximate surface area is 133 Å². The standard InChI is InChI=1S/C16H16N4O3/c1-10-2-5-12(6-3-10)23-14-7-4-11(8-17-14)19-15(21)13-9-18-16(22)20-13/h2-8,13H,9H2,1H3,(H,19,21)(H2,18,20,22)/t13-/m1/s1. The summed E-state index contributed by atoms with van der Waals surface area (Å²) in [6.45, 7) is 2.27. The average Bonchev–Trinajstić information content (AvgIpc) is 2.98. The molecule has 23 heavy (non-hydrogen) atoms. The van der Waals surface area contributed by atoms with Gasteiger partial charge in [-0.05, 0) is 25.1 Å². The molecular weight excluding hydrogens is 296 g/mol. The van der Waals surface area contributed by atoms with E-state index in [9.17, 15) is 9.59 Å². The molecule has 1 aliphatic rings. The van der Waals surface area contributed by atoms with Crippen LogP contribution >= 0.6 is 0 Å². The van der Waals surface area contributed by atoms with E-state index >= 15 is 0 Å². The van der Waals surface area contributed by atoms with Crippen LogP contribution in [0.3, 0.4) is 0 Å². The summed E-state index contributed by atoms with van der Waals surface area (Å²) in [6, 6.07) is 10.1. The molecule has 118 valence electrons. The number of aromatic nitrogens is 1. The van der Waals surface area contributed by atoms with Crippen molar-refractivity contribution in [2.75, 3.05) is 11.9 Å². The van der Waals surface area contributed by atoms with Crippen LogP contribution < -0.4 is 20.7 Å². The second kappa shape index (κ2) is 6.35. The summed E-state index contributed by atoms with van der Waals surface area (Å²) >= 11 is 0. The van der Waals surface area contributed by atoms with Crippen LogP contribution in [0.1, 0.15) is 5.56 Å². The predicted octanol–water partition coefficient (Wildman–Crippen LogP) is 1.80. The maximum absolute atomic E-state index is 11.9. The number of hydrogen-bond donors (Lipinski definition) is 3. The summed E-state index contributed by atoms with van der Waals surface area (Å²) < 4.78 is 5.62. The van der Waals surface area contributed by atoms with Crippen molar-refractivity contribution < 1.29 is 14.3 Å². The largest absolute Gasteiger partial charge is 0.439 e. The van der Waals surface area contributed by atoms with E-state index in [0.29, 0.717) is 17.3 Å². The summed E-state index contributed by atoms with van der Waals surface area (Å²) in [6.07, 6.45) is 1.51. The third kappa shape index (κ3) is 3.76. The van der Waals surface area contributed by atoms with Crippen LogP contribution in [0, 0.1) is 6.92 Å². The van der Waals surface area contributed by atoms with Gasteiger partial charge in [-0.3, -0.25) is 4.79 Å². The van der Waals surface area contributed by atoms with Gasteiger partial charge in [0, 0.05) is 12.6 Å². The van der Waals surface area contributed by atoms with E-state index in [1.807, 2.05) is 31.2 Å². The Balaban J connectivity index is 1.59. The summed E-state index contributed by atoms with van der Waals surface area (Å²) in [5, 5.41) is 7.74. The Morgan fingerprint density at radius 1 is 1.26 bits per heavy atom. The van der Waals surface area contributed by atoms with Crippen molar-refractivity contribution in [3.63, 3.8) is 0 Å². The fourth-order valence-corrected chi connectivity index (χ4v) is 2.08. The van der Waals surface area contributed by atoms with Crippen molar-refractivity contribution in [2.45, 2.75) is 13.0 Å². The number of carbonyl (C=O) groups is 2.